The number of hydrogen-bond donors (Lipinski definition) is 1. The number of ketones is 1. The van der Waals surface area contributed by atoms with Gasteiger partial charge < -0.3 is 9.84 Å². The molecular weight excluding hydrogens is 488 g/mol. The van der Waals surface area contributed by atoms with Crippen molar-refractivity contribution in [1.82, 2.24) is 24.9 Å². The second-order valence-electron chi connectivity index (χ2n) is 9.11. The Morgan fingerprint density at radius 3 is 2.65 bits per heavy atom. The van der Waals surface area contributed by atoms with Crippen LogP contribution in [0.15, 0.2) is 53.2 Å². The zero-order valence-electron chi connectivity index (χ0n) is 21.2. The van der Waals surface area contributed by atoms with E-state index < -0.39 is 0 Å². The summed E-state index contributed by atoms with van der Waals surface area (Å²) in [6.45, 7) is 6.29. The van der Waals surface area contributed by atoms with Crippen LogP contribution in [-0.4, -0.2) is 30.7 Å². The third kappa shape index (κ3) is 5.11. The van der Waals surface area contributed by atoms with Gasteiger partial charge in [0.1, 0.15) is 11.6 Å². The number of rotatable bonds is 8. The molecule has 1 N–H and O–H groups in total. The Morgan fingerprint density at radius 1 is 1.11 bits per heavy atom. The van der Waals surface area contributed by atoms with Crippen molar-refractivity contribution in [3.63, 3.8) is 0 Å². The van der Waals surface area contributed by atoms with Gasteiger partial charge in [-0.1, -0.05) is 35.0 Å². The third-order valence-corrected chi connectivity index (χ3v) is 6.81. The van der Waals surface area contributed by atoms with Crippen LogP contribution >= 0.6 is 11.6 Å². The van der Waals surface area contributed by atoms with Crippen molar-refractivity contribution in [2.45, 2.75) is 40.2 Å². The Morgan fingerprint density at radius 2 is 1.95 bits per heavy atom. The number of nitrogens with zero attached hydrogens (tertiary/aromatic N) is 5. The van der Waals surface area contributed by atoms with E-state index in [0.717, 1.165) is 44.8 Å². The third-order valence-electron chi connectivity index (χ3n) is 6.57. The molecule has 0 aliphatic carbocycles. The molecule has 9 heteroatoms. The average Bonchev–Trinajstić information content (AvgIpc) is 3.40. The van der Waals surface area contributed by atoms with Crippen LogP contribution < -0.4 is 5.32 Å². The number of fused-ring (bicyclic) bond motifs is 1. The number of hydrogen-bond acceptors (Lipinski definition) is 7. The van der Waals surface area contributed by atoms with Gasteiger partial charge in [-0.2, -0.15) is 5.10 Å². The van der Waals surface area contributed by atoms with Gasteiger partial charge in [-0.15, -0.1) is 0 Å². The highest BCUT2D eigenvalue weighted by molar-refractivity contribution is 6.30. The van der Waals surface area contributed by atoms with Crippen LogP contribution in [0.4, 0.5) is 5.82 Å². The molecule has 0 radical (unpaired) electrons. The lowest BCUT2D eigenvalue weighted by molar-refractivity contribution is 0.0973. The van der Waals surface area contributed by atoms with Crippen molar-refractivity contribution >= 4 is 34.1 Å². The second-order valence-corrected chi connectivity index (χ2v) is 9.55. The van der Waals surface area contributed by atoms with Gasteiger partial charge in [-0.3, -0.25) is 9.48 Å². The highest BCUT2D eigenvalue weighted by Crippen LogP contribution is 2.32. The number of carbonyl (C=O) groups is 1. The van der Waals surface area contributed by atoms with E-state index in [2.05, 4.69) is 25.5 Å². The molecule has 3 aromatic heterocycles. The minimum absolute atomic E-state index is 0.120. The molecule has 0 bridgehead atoms. The van der Waals surface area contributed by atoms with Crippen LogP contribution in [0, 0.1) is 20.8 Å². The Labute approximate surface area is 219 Å². The minimum Gasteiger partial charge on any atom is -0.365 e. The van der Waals surface area contributed by atoms with Crippen molar-refractivity contribution in [3.8, 4) is 11.1 Å². The first kappa shape index (κ1) is 24.6. The molecule has 0 saturated heterocycles. The van der Waals surface area contributed by atoms with Crippen molar-refractivity contribution < 1.29 is 9.32 Å². The monoisotopic (exact) mass is 514 g/mol. The van der Waals surface area contributed by atoms with Gasteiger partial charge in [-0.25, -0.2) is 9.97 Å². The first-order valence-corrected chi connectivity index (χ1v) is 12.4. The fraction of sp³-hybridized carbons (Fsp3) is 0.250. The molecule has 0 amide bonds. The molecule has 8 nitrogen and oxygen atoms in total. The lowest BCUT2D eigenvalue weighted by Crippen LogP contribution is -2.11. The topological polar surface area (TPSA) is 98.7 Å². The van der Waals surface area contributed by atoms with Crippen LogP contribution in [0.1, 0.15) is 45.3 Å². The standard InChI is InChI=1S/C28H27ClN6O2/c1-16-26(18(3)37-34-16)20-8-10-24-23(13-20)27(30-14-19-6-5-7-22(29)12-19)33-28(32-24)25(36)11-9-21-15-31-35(4)17(21)2/h5-8,10,12-13,15H,9,11,14H2,1-4H3,(H,30,32,33). The number of carbonyl (C=O) groups excluding carboxylic acids is 1. The first-order valence-electron chi connectivity index (χ1n) is 12.0. The van der Waals surface area contributed by atoms with E-state index >= 15 is 0 Å². The van der Waals surface area contributed by atoms with Crippen LogP contribution in [0.5, 0.6) is 0 Å². The van der Waals surface area contributed by atoms with Crippen LogP contribution in [0.3, 0.4) is 0 Å². The molecule has 0 atom stereocenters. The zero-order valence-corrected chi connectivity index (χ0v) is 21.9. The van der Waals surface area contributed by atoms with Gasteiger partial charge in [0.15, 0.2) is 11.6 Å². The van der Waals surface area contributed by atoms with Crippen LogP contribution in [-0.2, 0) is 20.0 Å². The molecule has 0 aliphatic rings. The molecule has 37 heavy (non-hydrogen) atoms. The number of aromatic nitrogens is 5. The minimum atomic E-state index is -0.120. The van der Waals surface area contributed by atoms with Crippen molar-refractivity contribution in [1.29, 1.82) is 0 Å². The van der Waals surface area contributed by atoms with Gasteiger partial charge in [0.2, 0.25) is 0 Å². The van der Waals surface area contributed by atoms with Gasteiger partial charge >= 0.3 is 0 Å². The van der Waals surface area contributed by atoms with E-state index in [4.69, 9.17) is 16.1 Å². The van der Waals surface area contributed by atoms with Gasteiger partial charge in [0, 0.05) is 41.7 Å². The predicted octanol–water partition coefficient (Wildman–Crippen LogP) is 6.02. The van der Waals surface area contributed by atoms with E-state index in [1.54, 1.807) is 10.9 Å². The van der Waals surface area contributed by atoms with E-state index in [-0.39, 0.29) is 11.6 Å². The van der Waals surface area contributed by atoms with Crippen LogP contribution in [0.25, 0.3) is 22.0 Å². The molecule has 0 aliphatic heterocycles. The maximum atomic E-state index is 13.2. The van der Waals surface area contributed by atoms with E-state index in [0.29, 0.717) is 35.7 Å². The summed E-state index contributed by atoms with van der Waals surface area (Å²) >= 11 is 6.17. The maximum absolute atomic E-state index is 13.2. The molecule has 0 fully saturated rings. The Kier molecular flexibility index (Phi) is 6.76. The molecule has 0 spiro atoms. The molecule has 3 heterocycles. The Balaban J connectivity index is 1.51. The molecule has 0 unspecified atom stereocenters. The quantitative estimate of drug-likeness (QED) is 0.252. The average molecular weight is 515 g/mol. The summed E-state index contributed by atoms with van der Waals surface area (Å²) in [5.74, 6) is 1.39. The Hall–Kier alpha value is -4.04. The van der Waals surface area contributed by atoms with Gasteiger partial charge in [0.05, 0.1) is 17.4 Å². The lowest BCUT2D eigenvalue weighted by Gasteiger charge is -2.12. The maximum Gasteiger partial charge on any atom is 0.200 e. The first-order chi connectivity index (χ1) is 17.8. The van der Waals surface area contributed by atoms with E-state index in [1.165, 1.54) is 0 Å². The van der Waals surface area contributed by atoms with E-state index in [9.17, 15) is 4.79 Å². The molecule has 188 valence electrons. The number of Topliss-reactive ketones (excluding diaryl/α,β-unsaturated/α-hetero) is 1. The summed E-state index contributed by atoms with van der Waals surface area (Å²) in [4.78, 5) is 22.5. The number of aryl methyl sites for hydroxylation is 4. The number of anilines is 1. The molecular formula is C28H27ClN6O2. The zero-order chi connectivity index (χ0) is 26.1. The predicted molar refractivity (Wildman–Crippen MR) is 144 cm³/mol. The van der Waals surface area contributed by atoms with Crippen molar-refractivity contribution in [2.75, 3.05) is 5.32 Å². The van der Waals surface area contributed by atoms with Gasteiger partial charge in [0.25, 0.3) is 0 Å². The SMILES string of the molecule is Cc1noc(C)c1-c1ccc2nc(C(=O)CCc3cnn(C)c3C)nc(NCc3cccc(Cl)c3)c2c1. The van der Waals surface area contributed by atoms with Crippen molar-refractivity contribution in [3.05, 3.63) is 87.8 Å². The molecule has 2 aromatic carbocycles. The second kappa shape index (κ2) is 10.1. The summed E-state index contributed by atoms with van der Waals surface area (Å²) in [7, 11) is 1.89. The summed E-state index contributed by atoms with van der Waals surface area (Å²) in [5, 5.41) is 13.2. The molecule has 5 aromatic rings. The number of benzene rings is 2. The normalized spacial score (nSPS) is 11.3. The van der Waals surface area contributed by atoms with E-state index in [1.807, 2.05) is 70.3 Å². The highest BCUT2D eigenvalue weighted by atomic mass is 35.5. The fourth-order valence-electron chi connectivity index (χ4n) is 4.42. The fourth-order valence-corrected chi connectivity index (χ4v) is 4.63. The Bertz CT molecular complexity index is 1600. The largest absolute Gasteiger partial charge is 0.365 e. The number of halogens is 1. The highest BCUT2D eigenvalue weighted by Gasteiger charge is 2.18. The van der Waals surface area contributed by atoms with Crippen molar-refractivity contribution in [2.24, 2.45) is 7.05 Å². The smallest absolute Gasteiger partial charge is 0.200 e. The number of nitrogens with one attached hydrogen (secondary N) is 1. The summed E-state index contributed by atoms with van der Waals surface area (Å²) < 4.78 is 7.18. The molecule has 5 rings (SSSR count). The summed E-state index contributed by atoms with van der Waals surface area (Å²) in [6.07, 6.45) is 2.68. The summed E-state index contributed by atoms with van der Waals surface area (Å²) in [6, 6.07) is 13.5. The molecule has 0 saturated carbocycles. The lowest BCUT2D eigenvalue weighted by atomic mass is 10.0. The van der Waals surface area contributed by atoms with Gasteiger partial charge in [-0.05, 0) is 68.1 Å². The summed E-state index contributed by atoms with van der Waals surface area (Å²) in [5.41, 5.74) is 6.46. The van der Waals surface area contributed by atoms with Crippen LogP contribution in [0.2, 0.25) is 5.02 Å².